The summed E-state index contributed by atoms with van der Waals surface area (Å²) >= 11 is 0. The van der Waals surface area contributed by atoms with Gasteiger partial charge in [-0.25, -0.2) is 0 Å². The zero-order chi connectivity index (χ0) is 9.97. The van der Waals surface area contributed by atoms with Gasteiger partial charge in [-0.15, -0.1) is 0 Å². The third-order valence-corrected chi connectivity index (χ3v) is 4.02. The largest absolute Gasteiger partial charge is 0.469 e. The number of ether oxygens (including phenoxy) is 1. The number of hydrogen-bond donors (Lipinski definition) is 0. The van der Waals surface area contributed by atoms with Crippen LogP contribution in [0.15, 0.2) is 0 Å². The zero-order valence-electron chi connectivity index (χ0n) is 9.00. The average molecular weight is 196 g/mol. The van der Waals surface area contributed by atoms with Crippen molar-refractivity contribution < 1.29 is 9.53 Å². The van der Waals surface area contributed by atoms with E-state index in [0.29, 0.717) is 12.3 Å². The van der Waals surface area contributed by atoms with Gasteiger partial charge >= 0.3 is 5.97 Å². The molecule has 2 heteroatoms. The molecule has 2 aliphatic carbocycles. The predicted octanol–water partition coefficient (Wildman–Crippen LogP) is 2.77. The van der Waals surface area contributed by atoms with E-state index in [9.17, 15) is 4.79 Å². The minimum Gasteiger partial charge on any atom is -0.469 e. The maximum atomic E-state index is 11.2. The summed E-state index contributed by atoms with van der Waals surface area (Å²) in [6.45, 7) is 0. The van der Waals surface area contributed by atoms with Crippen molar-refractivity contribution in [3.63, 3.8) is 0 Å². The summed E-state index contributed by atoms with van der Waals surface area (Å²) in [5, 5.41) is 0. The second kappa shape index (κ2) is 4.33. The summed E-state index contributed by atoms with van der Waals surface area (Å²) < 4.78 is 4.73. The number of esters is 1. The highest BCUT2D eigenvalue weighted by atomic mass is 16.5. The molecule has 0 radical (unpaired) electrons. The van der Waals surface area contributed by atoms with Gasteiger partial charge < -0.3 is 4.74 Å². The molecule has 0 aromatic rings. The molecule has 0 aromatic carbocycles. The molecule has 2 saturated carbocycles. The Hall–Kier alpha value is -0.530. The van der Waals surface area contributed by atoms with Crippen LogP contribution in [0, 0.1) is 17.8 Å². The van der Waals surface area contributed by atoms with Gasteiger partial charge in [0, 0.05) is 6.42 Å². The molecule has 0 spiro atoms. The van der Waals surface area contributed by atoms with Gasteiger partial charge in [0.1, 0.15) is 0 Å². The SMILES string of the molecule is COC(=O)CC1CC2CCCCC2C1. The van der Waals surface area contributed by atoms with E-state index >= 15 is 0 Å². The fourth-order valence-corrected chi connectivity index (χ4v) is 3.34. The normalized spacial score (nSPS) is 36.5. The topological polar surface area (TPSA) is 26.3 Å². The molecule has 0 N–H and O–H groups in total. The minimum atomic E-state index is -0.0198. The highest BCUT2D eigenvalue weighted by molar-refractivity contribution is 5.69. The molecule has 2 unspecified atom stereocenters. The molecular formula is C12H20O2. The Kier molecular flexibility index (Phi) is 3.09. The molecule has 0 aliphatic heterocycles. The molecular weight excluding hydrogens is 176 g/mol. The molecule has 2 fully saturated rings. The van der Waals surface area contributed by atoms with E-state index in [2.05, 4.69) is 0 Å². The number of carbonyl (C=O) groups excluding carboxylic acids is 1. The second-order valence-electron chi connectivity index (χ2n) is 4.92. The summed E-state index contributed by atoms with van der Waals surface area (Å²) in [6.07, 6.45) is 8.84. The van der Waals surface area contributed by atoms with E-state index in [1.165, 1.54) is 45.6 Å². The zero-order valence-corrected chi connectivity index (χ0v) is 9.00. The van der Waals surface area contributed by atoms with Gasteiger partial charge in [0.2, 0.25) is 0 Å². The monoisotopic (exact) mass is 196 g/mol. The molecule has 14 heavy (non-hydrogen) atoms. The summed E-state index contributed by atoms with van der Waals surface area (Å²) in [7, 11) is 1.49. The van der Waals surface area contributed by atoms with Crippen LogP contribution in [0.5, 0.6) is 0 Å². The Labute approximate surface area is 86.0 Å². The minimum absolute atomic E-state index is 0.0198. The van der Waals surface area contributed by atoms with Crippen molar-refractivity contribution in [2.45, 2.75) is 44.9 Å². The Morgan fingerprint density at radius 2 is 1.79 bits per heavy atom. The standard InChI is InChI=1S/C12H20O2/c1-14-12(13)8-9-6-10-4-2-3-5-11(10)7-9/h9-11H,2-8H2,1H3. The van der Waals surface area contributed by atoms with E-state index in [4.69, 9.17) is 4.74 Å². The first-order valence-corrected chi connectivity index (χ1v) is 5.86. The van der Waals surface area contributed by atoms with Gasteiger partial charge in [-0.2, -0.15) is 0 Å². The summed E-state index contributed by atoms with van der Waals surface area (Å²) in [5.41, 5.74) is 0. The van der Waals surface area contributed by atoms with Gasteiger partial charge in [-0.1, -0.05) is 25.7 Å². The lowest BCUT2D eigenvalue weighted by atomic mass is 9.82. The quantitative estimate of drug-likeness (QED) is 0.635. The Balaban J connectivity index is 1.83. The molecule has 0 saturated heterocycles. The number of carbonyl (C=O) groups is 1. The first-order chi connectivity index (χ1) is 6.79. The van der Waals surface area contributed by atoms with Gasteiger partial charge in [-0.05, 0) is 30.6 Å². The Morgan fingerprint density at radius 3 is 2.29 bits per heavy atom. The molecule has 80 valence electrons. The highest BCUT2D eigenvalue weighted by Crippen LogP contribution is 2.46. The van der Waals surface area contributed by atoms with Crippen LogP contribution in [-0.2, 0) is 9.53 Å². The van der Waals surface area contributed by atoms with Gasteiger partial charge in [0.25, 0.3) is 0 Å². The third-order valence-electron chi connectivity index (χ3n) is 4.02. The van der Waals surface area contributed by atoms with Crippen LogP contribution in [0.4, 0.5) is 0 Å². The van der Waals surface area contributed by atoms with Gasteiger partial charge in [0.15, 0.2) is 0 Å². The summed E-state index contributed by atoms with van der Waals surface area (Å²) in [5.74, 6) is 2.46. The molecule has 0 heterocycles. The Bertz CT molecular complexity index is 198. The Morgan fingerprint density at radius 1 is 1.21 bits per heavy atom. The first-order valence-electron chi connectivity index (χ1n) is 5.86. The third kappa shape index (κ3) is 2.10. The second-order valence-corrected chi connectivity index (χ2v) is 4.92. The lowest BCUT2D eigenvalue weighted by Crippen LogP contribution is -2.12. The van der Waals surface area contributed by atoms with Crippen LogP contribution in [0.3, 0.4) is 0 Å². The van der Waals surface area contributed by atoms with E-state index in [1.54, 1.807) is 0 Å². The number of fused-ring (bicyclic) bond motifs is 1. The fourth-order valence-electron chi connectivity index (χ4n) is 3.34. The highest BCUT2D eigenvalue weighted by Gasteiger charge is 2.36. The smallest absolute Gasteiger partial charge is 0.305 e. The van der Waals surface area contributed by atoms with Crippen LogP contribution in [-0.4, -0.2) is 13.1 Å². The summed E-state index contributed by atoms with van der Waals surface area (Å²) in [6, 6.07) is 0. The van der Waals surface area contributed by atoms with Gasteiger partial charge in [0.05, 0.1) is 7.11 Å². The van der Waals surface area contributed by atoms with Crippen LogP contribution in [0.2, 0.25) is 0 Å². The lowest BCUT2D eigenvalue weighted by Gasteiger charge is -2.24. The van der Waals surface area contributed by atoms with Crippen molar-refractivity contribution in [2.24, 2.45) is 17.8 Å². The molecule has 2 atom stereocenters. The number of hydrogen-bond acceptors (Lipinski definition) is 2. The lowest BCUT2D eigenvalue weighted by molar-refractivity contribution is -0.141. The summed E-state index contributed by atoms with van der Waals surface area (Å²) in [4.78, 5) is 11.2. The van der Waals surface area contributed by atoms with Crippen LogP contribution in [0.25, 0.3) is 0 Å². The molecule has 0 bridgehead atoms. The predicted molar refractivity (Wildman–Crippen MR) is 54.8 cm³/mol. The van der Waals surface area contributed by atoms with Crippen molar-refractivity contribution >= 4 is 5.97 Å². The first kappa shape index (κ1) is 10.0. The molecule has 0 aromatic heterocycles. The fraction of sp³-hybridized carbons (Fsp3) is 0.917. The van der Waals surface area contributed by atoms with Crippen LogP contribution < -0.4 is 0 Å². The maximum Gasteiger partial charge on any atom is 0.305 e. The van der Waals surface area contributed by atoms with Crippen LogP contribution >= 0.6 is 0 Å². The molecule has 0 amide bonds. The van der Waals surface area contributed by atoms with Crippen LogP contribution in [0.1, 0.15) is 44.9 Å². The van der Waals surface area contributed by atoms with Crippen molar-refractivity contribution in [2.75, 3.05) is 7.11 Å². The van der Waals surface area contributed by atoms with Crippen molar-refractivity contribution in [1.82, 2.24) is 0 Å². The van der Waals surface area contributed by atoms with Gasteiger partial charge in [-0.3, -0.25) is 4.79 Å². The van der Waals surface area contributed by atoms with E-state index in [1.807, 2.05) is 0 Å². The maximum absolute atomic E-state index is 11.2. The average Bonchev–Trinajstić information content (AvgIpc) is 2.59. The van der Waals surface area contributed by atoms with Crippen molar-refractivity contribution in [1.29, 1.82) is 0 Å². The number of rotatable bonds is 2. The van der Waals surface area contributed by atoms with E-state index in [-0.39, 0.29) is 5.97 Å². The van der Waals surface area contributed by atoms with E-state index < -0.39 is 0 Å². The van der Waals surface area contributed by atoms with Crippen molar-refractivity contribution in [3.8, 4) is 0 Å². The van der Waals surface area contributed by atoms with E-state index in [0.717, 1.165) is 11.8 Å². The molecule has 2 rings (SSSR count). The number of methoxy groups -OCH3 is 1. The molecule has 2 nitrogen and oxygen atoms in total. The molecule has 2 aliphatic rings. The van der Waals surface area contributed by atoms with Crippen molar-refractivity contribution in [3.05, 3.63) is 0 Å².